The zero-order valence-electron chi connectivity index (χ0n) is 13.0. The van der Waals surface area contributed by atoms with Crippen molar-refractivity contribution in [2.75, 3.05) is 12.8 Å². The van der Waals surface area contributed by atoms with Gasteiger partial charge in [-0.05, 0) is 18.9 Å². The summed E-state index contributed by atoms with van der Waals surface area (Å²) in [5.74, 6) is 0. The van der Waals surface area contributed by atoms with Crippen LogP contribution in [0.4, 0.5) is 0 Å². The standard InChI is InChI=1S/C14H23N3O3S/c1-14(2,3)12-7-8-13(18)16(15-12)10-11-6-5-9-17(11)21(4,19)20/h7-8,11H,5-6,9-10H2,1-4H3. The fourth-order valence-corrected chi connectivity index (χ4v) is 3.78. The van der Waals surface area contributed by atoms with E-state index in [1.165, 1.54) is 21.3 Å². The fraction of sp³-hybridized carbons (Fsp3) is 0.714. The molecule has 118 valence electrons. The predicted octanol–water partition coefficient (Wildman–Crippen LogP) is 0.965. The molecule has 0 radical (unpaired) electrons. The highest BCUT2D eigenvalue weighted by Crippen LogP contribution is 2.22. The van der Waals surface area contributed by atoms with Crippen LogP contribution in [0.25, 0.3) is 0 Å². The van der Waals surface area contributed by atoms with Gasteiger partial charge in [-0.1, -0.05) is 20.8 Å². The Morgan fingerprint density at radius 3 is 2.57 bits per heavy atom. The summed E-state index contributed by atoms with van der Waals surface area (Å²) in [4.78, 5) is 12.0. The maximum atomic E-state index is 12.0. The first kappa shape index (κ1) is 16.2. The summed E-state index contributed by atoms with van der Waals surface area (Å²) in [5.41, 5.74) is 0.483. The molecule has 0 spiro atoms. The first-order valence-corrected chi connectivity index (χ1v) is 8.99. The highest BCUT2D eigenvalue weighted by atomic mass is 32.2. The maximum absolute atomic E-state index is 12.0. The number of nitrogens with zero attached hydrogens (tertiary/aromatic N) is 3. The molecular weight excluding hydrogens is 290 g/mol. The minimum atomic E-state index is -3.23. The van der Waals surface area contributed by atoms with E-state index in [2.05, 4.69) is 5.10 Å². The minimum Gasteiger partial charge on any atom is -0.268 e. The van der Waals surface area contributed by atoms with Crippen molar-refractivity contribution in [2.24, 2.45) is 0 Å². The van der Waals surface area contributed by atoms with Gasteiger partial charge >= 0.3 is 0 Å². The lowest BCUT2D eigenvalue weighted by molar-refractivity contribution is 0.333. The lowest BCUT2D eigenvalue weighted by Crippen LogP contribution is -2.40. The van der Waals surface area contributed by atoms with Crippen molar-refractivity contribution in [1.29, 1.82) is 0 Å². The summed E-state index contributed by atoms with van der Waals surface area (Å²) in [5, 5.41) is 4.41. The number of sulfonamides is 1. The summed E-state index contributed by atoms with van der Waals surface area (Å²) in [7, 11) is -3.23. The van der Waals surface area contributed by atoms with Crippen molar-refractivity contribution in [3.05, 3.63) is 28.2 Å². The molecule has 1 aliphatic rings. The van der Waals surface area contributed by atoms with Gasteiger partial charge in [0.1, 0.15) is 0 Å². The lowest BCUT2D eigenvalue weighted by atomic mass is 9.92. The van der Waals surface area contributed by atoms with Crippen LogP contribution in [0.5, 0.6) is 0 Å². The monoisotopic (exact) mass is 313 g/mol. The topological polar surface area (TPSA) is 72.3 Å². The van der Waals surface area contributed by atoms with Gasteiger partial charge in [0.05, 0.1) is 18.5 Å². The molecule has 7 heteroatoms. The van der Waals surface area contributed by atoms with Crippen LogP contribution < -0.4 is 5.56 Å². The molecular formula is C14H23N3O3S. The van der Waals surface area contributed by atoms with Crippen LogP contribution >= 0.6 is 0 Å². The van der Waals surface area contributed by atoms with E-state index in [-0.39, 0.29) is 17.0 Å². The van der Waals surface area contributed by atoms with E-state index in [1.54, 1.807) is 6.07 Å². The zero-order chi connectivity index (χ0) is 15.8. The third-order valence-corrected chi connectivity index (χ3v) is 5.10. The van der Waals surface area contributed by atoms with Gasteiger partial charge in [0, 0.05) is 24.1 Å². The zero-order valence-corrected chi connectivity index (χ0v) is 13.9. The van der Waals surface area contributed by atoms with Crippen molar-refractivity contribution in [3.63, 3.8) is 0 Å². The molecule has 1 saturated heterocycles. The molecule has 6 nitrogen and oxygen atoms in total. The first-order chi connectivity index (χ1) is 9.59. The Labute approximate surface area is 125 Å². The Morgan fingerprint density at radius 1 is 1.33 bits per heavy atom. The van der Waals surface area contributed by atoms with E-state index in [9.17, 15) is 13.2 Å². The minimum absolute atomic E-state index is 0.151. The van der Waals surface area contributed by atoms with Gasteiger partial charge in [-0.25, -0.2) is 13.1 Å². The lowest BCUT2D eigenvalue weighted by Gasteiger charge is -2.23. The molecule has 1 atom stereocenters. The molecule has 1 aromatic heterocycles. The normalized spacial score (nSPS) is 20.9. The Hall–Kier alpha value is -1.21. The van der Waals surface area contributed by atoms with E-state index in [0.717, 1.165) is 18.5 Å². The molecule has 1 aliphatic heterocycles. The Kier molecular flexibility index (Phi) is 4.26. The van der Waals surface area contributed by atoms with E-state index in [4.69, 9.17) is 0 Å². The summed E-state index contributed by atoms with van der Waals surface area (Å²) in [6, 6.07) is 3.07. The number of aromatic nitrogens is 2. The smallest absolute Gasteiger partial charge is 0.266 e. The van der Waals surface area contributed by atoms with Gasteiger partial charge in [-0.15, -0.1) is 0 Å². The average Bonchev–Trinajstić information content (AvgIpc) is 2.78. The molecule has 1 aromatic rings. The van der Waals surface area contributed by atoms with Gasteiger partial charge in [-0.2, -0.15) is 9.40 Å². The highest BCUT2D eigenvalue weighted by molar-refractivity contribution is 7.88. The maximum Gasteiger partial charge on any atom is 0.266 e. The van der Waals surface area contributed by atoms with E-state index < -0.39 is 10.0 Å². The van der Waals surface area contributed by atoms with Crippen molar-refractivity contribution in [3.8, 4) is 0 Å². The van der Waals surface area contributed by atoms with Gasteiger partial charge in [0.2, 0.25) is 10.0 Å². The van der Waals surface area contributed by atoms with Gasteiger partial charge in [-0.3, -0.25) is 4.79 Å². The highest BCUT2D eigenvalue weighted by Gasteiger charge is 2.32. The third-order valence-electron chi connectivity index (χ3n) is 3.77. The van der Waals surface area contributed by atoms with Gasteiger partial charge in [0.15, 0.2) is 0 Å². The summed E-state index contributed by atoms with van der Waals surface area (Å²) in [6.07, 6.45) is 2.81. The summed E-state index contributed by atoms with van der Waals surface area (Å²) < 4.78 is 26.4. The second-order valence-corrected chi connectivity index (χ2v) is 8.59. The van der Waals surface area contributed by atoms with Crippen LogP contribution in [0.2, 0.25) is 0 Å². The molecule has 2 rings (SSSR count). The first-order valence-electron chi connectivity index (χ1n) is 7.14. The SMILES string of the molecule is CC(C)(C)c1ccc(=O)n(CC2CCCN2S(C)(=O)=O)n1. The number of rotatable bonds is 3. The van der Waals surface area contributed by atoms with Crippen LogP contribution in [-0.2, 0) is 22.0 Å². The van der Waals surface area contributed by atoms with Crippen molar-refractivity contribution in [1.82, 2.24) is 14.1 Å². The summed E-state index contributed by atoms with van der Waals surface area (Å²) in [6.45, 7) is 6.93. The molecule has 0 bridgehead atoms. The van der Waals surface area contributed by atoms with Crippen LogP contribution in [-0.4, -0.2) is 41.3 Å². The molecule has 0 aromatic carbocycles. The largest absolute Gasteiger partial charge is 0.268 e. The van der Waals surface area contributed by atoms with Crippen LogP contribution in [0.15, 0.2) is 16.9 Å². The Balaban J connectivity index is 2.29. The molecule has 1 fully saturated rings. The van der Waals surface area contributed by atoms with Gasteiger partial charge in [0.25, 0.3) is 5.56 Å². The molecule has 0 saturated carbocycles. The molecule has 0 amide bonds. The van der Waals surface area contributed by atoms with Crippen LogP contribution in [0.3, 0.4) is 0 Å². The van der Waals surface area contributed by atoms with Crippen molar-refractivity contribution >= 4 is 10.0 Å². The Morgan fingerprint density at radius 2 is 2.00 bits per heavy atom. The van der Waals surface area contributed by atoms with E-state index >= 15 is 0 Å². The molecule has 0 aliphatic carbocycles. The Bertz CT molecular complexity index is 673. The predicted molar refractivity (Wildman–Crippen MR) is 81.8 cm³/mol. The van der Waals surface area contributed by atoms with Crippen LogP contribution in [0.1, 0.15) is 39.3 Å². The average molecular weight is 313 g/mol. The molecule has 0 N–H and O–H groups in total. The summed E-state index contributed by atoms with van der Waals surface area (Å²) >= 11 is 0. The third kappa shape index (κ3) is 3.71. The van der Waals surface area contributed by atoms with E-state index in [1.807, 2.05) is 20.8 Å². The fourth-order valence-electron chi connectivity index (χ4n) is 2.61. The molecule has 2 heterocycles. The number of hydrogen-bond acceptors (Lipinski definition) is 4. The van der Waals surface area contributed by atoms with Crippen molar-refractivity contribution < 1.29 is 8.42 Å². The molecule has 21 heavy (non-hydrogen) atoms. The quantitative estimate of drug-likeness (QED) is 0.833. The van der Waals surface area contributed by atoms with Crippen molar-refractivity contribution in [2.45, 2.75) is 51.6 Å². The second kappa shape index (κ2) is 5.53. The van der Waals surface area contributed by atoms with Crippen LogP contribution in [0, 0.1) is 0 Å². The number of hydrogen-bond donors (Lipinski definition) is 0. The van der Waals surface area contributed by atoms with Gasteiger partial charge < -0.3 is 0 Å². The van der Waals surface area contributed by atoms with E-state index in [0.29, 0.717) is 13.1 Å². The second-order valence-electron chi connectivity index (χ2n) is 6.66. The molecule has 1 unspecified atom stereocenters.